The second-order valence-electron chi connectivity index (χ2n) is 4.31. The molecule has 2 rings (SSSR count). The van der Waals surface area contributed by atoms with Gasteiger partial charge in [-0.05, 0) is 59.1 Å². The lowest BCUT2D eigenvalue weighted by molar-refractivity contribution is 0.0944. The van der Waals surface area contributed by atoms with E-state index in [4.69, 9.17) is 0 Å². The molecule has 1 atom stereocenters. The van der Waals surface area contributed by atoms with Crippen LogP contribution in [0, 0.1) is 5.82 Å². The lowest BCUT2D eigenvalue weighted by atomic mass is 10.1. The van der Waals surface area contributed by atoms with Crippen molar-refractivity contribution in [2.75, 3.05) is 0 Å². The fourth-order valence-corrected chi connectivity index (χ4v) is 3.05. The van der Waals surface area contributed by atoms with Gasteiger partial charge >= 0.3 is 0 Å². The second-order valence-corrected chi connectivity index (χ2v) is 6.77. The SMILES string of the molecule is CC(Cc1ccc(F)cc1)NC(=O)c1ccc(Br)s1. The number of hydrogen-bond donors (Lipinski definition) is 1. The number of halogens is 2. The Labute approximate surface area is 123 Å². The van der Waals surface area contributed by atoms with Gasteiger partial charge in [-0.3, -0.25) is 4.79 Å². The first-order chi connectivity index (χ1) is 9.04. The van der Waals surface area contributed by atoms with Crippen LogP contribution in [0.4, 0.5) is 4.39 Å². The summed E-state index contributed by atoms with van der Waals surface area (Å²) in [4.78, 5) is 12.6. The molecule has 1 aromatic heterocycles. The van der Waals surface area contributed by atoms with E-state index in [0.717, 1.165) is 9.35 Å². The minimum Gasteiger partial charge on any atom is -0.349 e. The summed E-state index contributed by atoms with van der Waals surface area (Å²) in [6, 6.07) is 9.97. The summed E-state index contributed by atoms with van der Waals surface area (Å²) >= 11 is 4.73. The van der Waals surface area contributed by atoms with Crippen molar-refractivity contribution in [1.82, 2.24) is 5.32 Å². The highest BCUT2D eigenvalue weighted by atomic mass is 79.9. The Morgan fingerprint density at radius 1 is 1.32 bits per heavy atom. The third kappa shape index (κ3) is 4.14. The van der Waals surface area contributed by atoms with Crippen molar-refractivity contribution in [3.63, 3.8) is 0 Å². The van der Waals surface area contributed by atoms with Gasteiger partial charge in [0.1, 0.15) is 5.82 Å². The normalized spacial score (nSPS) is 12.2. The van der Waals surface area contributed by atoms with Crippen molar-refractivity contribution >= 4 is 33.2 Å². The number of benzene rings is 1. The summed E-state index contributed by atoms with van der Waals surface area (Å²) in [6.45, 7) is 1.93. The Morgan fingerprint density at radius 3 is 2.58 bits per heavy atom. The average Bonchev–Trinajstić information content (AvgIpc) is 2.79. The molecule has 0 saturated carbocycles. The van der Waals surface area contributed by atoms with Crippen LogP contribution >= 0.6 is 27.3 Å². The van der Waals surface area contributed by atoms with Crippen molar-refractivity contribution in [3.8, 4) is 0 Å². The molecule has 0 aliphatic carbocycles. The van der Waals surface area contributed by atoms with Crippen LogP contribution in [0.3, 0.4) is 0 Å². The number of thiophene rings is 1. The van der Waals surface area contributed by atoms with Crippen molar-refractivity contribution in [1.29, 1.82) is 0 Å². The summed E-state index contributed by atoms with van der Waals surface area (Å²) in [5, 5.41) is 2.93. The summed E-state index contributed by atoms with van der Waals surface area (Å²) in [6.07, 6.45) is 0.679. The topological polar surface area (TPSA) is 29.1 Å². The second kappa shape index (κ2) is 6.30. The minimum atomic E-state index is -0.246. The number of rotatable bonds is 4. The Hall–Kier alpha value is -1.20. The molecule has 0 aliphatic heterocycles. The highest BCUT2D eigenvalue weighted by molar-refractivity contribution is 9.11. The van der Waals surface area contributed by atoms with Gasteiger partial charge in [-0.2, -0.15) is 0 Å². The van der Waals surface area contributed by atoms with Crippen LogP contribution in [0.1, 0.15) is 22.2 Å². The van der Waals surface area contributed by atoms with Crippen LogP contribution in [0.15, 0.2) is 40.2 Å². The average molecular weight is 342 g/mol. The van der Waals surface area contributed by atoms with Crippen LogP contribution in [-0.2, 0) is 6.42 Å². The van der Waals surface area contributed by atoms with Gasteiger partial charge in [0.25, 0.3) is 5.91 Å². The largest absolute Gasteiger partial charge is 0.349 e. The predicted molar refractivity (Wildman–Crippen MR) is 79.1 cm³/mol. The van der Waals surface area contributed by atoms with Crippen LogP contribution < -0.4 is 5.32 Å². The molecule has 2 aromatic rings. The van der Waals surface area contributed by atoms with E-state index in [9.17, 15) is 9.18 Å². The fourth-order valence-electron chi connectivity index (χ4n) is 1.76. The van der Waals surface area contributed by atoms with E-state index in [-0.39, 0.29) is 17.8 Å². The zero-order valence-corrected chi connectivity index (χ0v) is 12.7. The molecule has 0 spiro atoms. The molecule has 0 aliphatic rings. The standard InChI is InChI=1S/C14H13BrFNOS/c1-9(8-10-2-4-11(16)5-3-10)17-14(18)12-6-7-13(15)19-12/h2-7,9H,8H2,1H3,(H,17,18). The van der Waals surface area contributed by atoms with Crippen LogP contribution in [-0.4, -0.2) is 11.9 Å². The summed E-state index contributed by atoms with van der Waals surface area (Å²) in [5.41, 5.74) is 1.00. The quantitative estimate of drug-likeness (QED) is 0.894. The number of nitrogens with one attached hydrogen (secondary N) is 1. The highest BCUT2D eigenvalue weighted by Crippen LogP contribution is 2.22. The highest BCUT2D eigenvalue weighted by Gasteiger charge is 2.12. The lowest BCUT2D eigenvalue weighted by Crippen LogP contribution is -2.33. The number of amides is 1. The summed E-state index contributed by atoms with van der Waals surface area (Å²) in [5.74, 6) is -0.325. The van der Waals surface area contributed by atoms with Gasteiger partial charge in [-0.25, -0.2) is 4.39 Å². The molecule has 1 unspecified atom stereocenters. The van der Waals surface area contributed by atoms with Crippen molar-refractivity contribution in [2.45, 2.75) is 19.4 Å². The maximum Gasteiger partial charge on any atom is 0.261 e. The molecule has 1 amide bonds. The number of carbonyl (C=O) groups is 1. The van der Waals surface area contributed by atoms with Gasteiger partial charge in [0, 0.05) is 6.04 Å². The van der Waals surface area contributed by atoms with Crippen molar-refractivity contribution in [2.24, 2.45) is 0 Å². The molecule has 19 heavy (non-hydrogen) atoms. The smallest absolute Gasteiger partial charge is 0.261 e. The summed E-state index contributed by atoms with van der Waals surface area (Å²) < 4.78 is 13.7. The predicted octanol–water partition coefficient (Wildman–Crippen LogP) is 4.01. The van der Waals surface area contributed by atoms with E-state index >= 15 is 0 Å². The van der Waals surface area contributed by atoms with Gasteiger partial charge in [-0.15, -0.1) is 11.3 Å². The molecule has 100 valence electrons. The monoisotopic (exact) mass is 341 g/mol. The molecule has 0 bridgehead atoms. The fraction of sp³-hybridized carbons (Fsp3) is 0.214. The van der Waals surface area contributed by atoms with E-state index in [2.05, 4.69) is 21.2 Å². The van der Waals surface area contributed by atoms with E-state index in [1.165, 1.54) is 23.5 Å². The Morgan fingerprint density at radius 2 is 2.00 bits per heavy atom. The molecule has 1 aromatic carbocycles. The van der Waals surface area contributed by atoms with E-state index in [0.29, 0.717) is 11.3 Å². The van der Waals surface area contributed by atoms with Gasteiger partial charge in [0.05, 0.1) is 8.66 Å². The summed E-state index contributed by atoms with van der Waals surface area (Å²) in [7, 11) is 0. The molecular weight excluding hydrogens is 329 g/mol. The first-order valence-corrected chi connectivity index (χ1v) is 7.46. The number of hydrogen-bond acceptors (Lipinski definition) is 2. The van der Waals surface area contributed by atoms with Gasteiger partial charge in [0.15, 0.2) is 0 Å². The Balaban J connectivity index is 1.92. The zero-order valence-electron chi connectivity index (χ0n) is 10.3. The Kier molecular flexibility index (Phi) is 4.71. The lowest BCUT2D eigenvalue weighted by Gasteiger charge is -2.13. The first-order valence-electron chi connectivity index (χ1n) is 5.85. The molecule has 2 nitrogen and oxygen atoms in total. The van der Waals surface area contributed by atoms with Crippen molar-refractivity contribution < 1.29 is 9.18 Å². The van der Waals surface area contributed by atoms with E-state index < -0.39 is 0 Å². The maximum atomic E-state index is 12.8. The van der Waals surface area contributed by atoms with Crippen LogP contribution in [0.2, 0.25) is 0 Å². The van der Waals surface area contributed by atoms with Gasteiger partial charge in [0.2, 0.25) is 0 Å². The molecule has 0 fully saturated rings. The maximum absolute atomic E-state index is 12.8. The zero-order chi connectivity index (χ0) is 13.8. The number of carbonyl (C=O) groups excluding carboxylic acids is 1. The van der Waals surface area contributed by atoms with Gasteiger partial charge in [-0.1, -0.05) is 12.1 Å². The van der Waals surface area contributed by atoms with Crippen LogP contribution in [0.5, 0.6) is 0 Å². The molecule has 5 heteroatoms. The first kappa shape index (κ1) is 14.2. The molecule has 0 radical (unpaired) electrons. The van der Waals surface area contributed by atoms with Crippen LogP contribution in [0.25, 0.3) is 0 Å². The minimum absolute atomic E-state index is 0.00108. The molecule has 1 heterocycles. The third-order valence-electron chi connectivity index (χ3n) is 2.63. The molecule has 1 N–H and O–H groups in total. The van der Waals surface area contributed by atoms with E-state index in [1.807, 2.05) is 13.0 Å². The third-order valence-corrected chi connectivity index (χ3v) is 4.25. The molecular formula is C14H13BrFNOS. The Bertz CT molecular complexity index is 567. The molecule has 0 saturated heterocycles. The van der Waals surface area contributed by atoms with Gasteiger partial charge < -0.3 is 5.32 Å². The van der Waals surface area contributed by atoms with Crippen molar-refractivity contribution in [3.05, 3.63) is 56.4 Å². The van der Waals surface area contributed by atoms with E-state index in [1.54, 1.807) is 18.2 Å².